The van der Waals surface area contributed by atoms with Crippen molar-refractivity contribution >= 4 is 23.4 Å². The van der Waals surface area contributed by atoms with Crippen LogP contribution in [-0.2, 0) is 40.4 Å². The highest BCUT2D eigenvalue weighted by Crippen LogP contribution is 2.70. The molecule has 26 heavy (non-hydrogen) atoms. The van der Waals surface area contributed by atoms with Crippen LogP contribution < -0.4 is 4.34 Å². The molecule has 1 heterocycles. The van der Waals surface area contributed by atoms with Gasteiger partial charge in [-0.25, -0.2) is 9.13 Å². The Hall–Kier alpha value is -0.400. The normalized spacial score (nSPS) is 13.1. The molecule has 1 aromatic rings. The Balaban J connectivity index is 3.33. The Bertz CT molecular complexity index is 629. The average molecular weight is 432 g/mol. The van der Waals surface area contributed by atoms with E-state index >= 15 is 0 Å². The van der Waals surface area contributed by atoms with Gasteiger partial charge in [0.2, 0.25) is 0 Å². The number of hydrogen-bond donors (Lipinski definition) is 0. The molecule has 0 radical (unpaired) electrons. The second kappa shape index (κ2) is 10.8. The highest BCUT2D eigenvalue weighted by Gasteiger charge is 2.53. The first kappa shape index (κ1) is 23.6. The maximum absolute atomic E-state index is 13.4. The second-order valence-electron chi connectivity index (χ2n) is 4.45. The molecule has 0 fully saturated rings. The predicted molar refractivity (Wildman–Crippen MR) is 93.5 cm³/mol. The van der Waals surface area contributed by atoms with E-state index in [9.17, 15) is 13.7 Å². The Morgan fingerprint density at radius 1 is 0.654 bits per heavy atom. The molecule has 0 aromatic carbocycles. The van der Waals surface area contributed by atoms with E-state index < -0.39 is 23.4 Å². The zero-order valence-corrected chi connectivity index (χ0v) is 17.9. The molecule has 0 spiro atoms. The van der Waals surface area contributed by atoms with Gasteiger partial charge in [0.25, 0.3) is 0 Å². The summed E-state index contributed by atoms with van der Waals surface area (Å²) in [5.74, 6) is 0. The summed E-state index contributed by atoms with van der Waals surface area (Å²) in [6.45, 7) is 6.08. The largest absolute Gasteiger partial charge is 0.631 e. The molecule has 13 heteroatoms. The molecule has 0 atom stereocenters. The molecule has 150 valence electrons. The highest BCUT2D eigenvalue weighted by molar-refractivity contribution is 7.67. The van der Waals surface area contributed by atoms with E-state index in [2.05, 4.69) is 0 Å². The minimum atomic E-state index is -4.54. The van der Waals surface area contributed by atoms with E-state index in [0.717, 1.165) is 4.34 Å². The van der Waals surface area contributed by atoms with Gasteiger partial charge in [0, 0.05) is 12.1 Å². The molecule has 0 unspecified atom stereocenters. The van der Waals surface area contributed by atoms with Gasteiger partial charge < -0.3 is 0 Å². The summed E-state index contributed by atoms with van der Waals surface area (Å²) in [6.07, 6.45) is 2.65. The van der Waals surface area contributed by atoms with Crippen molar-refractivity contribution in [2.75, 3.05) is 26.4 Å². The number of hydrogen-bond acceptors (Lipinski definition) is 9. The third-order valence-corrected chi connectivity index (χ3v) is 8.92. The molecule has 0 aliphatic heterocycles. The van der Waals surface area contributed by atoms with Crippen molar-refractivity contribution < 1.29 is 44.7 Å². The lowest BCUT2D eigenvalue weighted by atomic mass is 10.5. The van der Waals surface area contributed by atoms with Crippen molar-refractivity contribution in [1.82, 2.24) is 0 Å². The second-order valence-corrected chi connectivity index (χ2v) is 9.98. The first-order valence-electron chi connectivity index (χ1n) is 8.04. The minimum absolute atomic E-state index is 0.0364. The summed E-state index contributed by atoms with van der Waals surface area (Å²) >= 11 is 0. The zero-order valence-electron chi connectivity index (χ0n) is 15.2. The zero-order chi connectivity index (χ0) is 19.7. The maximum atomic E-state index is 13.4. The monoisotopic (exact) mass is 432 g/mol. The summed E-state index contributed by atoms with van der Waals surface area (Å²) in [5, 5.41) is 0. The summed E-state index contributed by atoms with van der Waals surface area (Å²) in [4.78, 5) is 0. The smallest absolute Gasteiger partial charge is 0.287 e. The van der Waals surface area contributed by atoms with Gasteiger partial charge in [-0.1, -0.05) is 6.07 Å². The van der Waals surface area contributed by atoms with Crippen molar-refractivity contribution in [1.29, 1.82) is 0 Å². The van der Waals surface area contributed by atoms with Gasteiger partial charge in [-0.2, -0.15) is 13.2 Å². The van der Waals surface area contributed by atoms with Gasteiger partial charge in [0.1, 0.15) is 0 Å². The molecule has 0 saturated heterocycles. The summed E-state index contributed by atoms with van der Waals surface area (Å²) in [6, 6.07) is 4.70. The number of rotatable bonds is 13. The summed E-state index contributed by atoms with van der Waals surface area (Å²) in [5.41, 5.74) is 0. The van der Waals surface area contributed by atoms with Crippen molar-refractivity contribution in [3.63, 3.8) is 0 Å². The van der Waals surface area contributed by atoms with Crippen molar-refractivity contribution in [3.05, 3.63) is 30.6 Å². The van der Waals surface area contributed by atoms with Crippen LogP contribution in [0.15, 0.2) is 30.6 Å². The Morgan fingerprint density at radius 3 is 1.31 bits per heavy atom. The standard InChI is InChI=1S/C13H25NO9P3/c1-5-18-25(16,19-6-2)22-24(15,14-12-10-9-11-13-14)23-26(17,20-7-3)21-8-4/h9-13H,5-8H2,1-4H3/q+1. The first-order chi connectivity index (χ1) is 12.3. The van der Waals surface area contributed by atoms with Crippen LogP contribution in [0.5, 0.6) is 0 Å². The fourth-order valence-corrected chi connectivity index (χ4v) is 7.44. The minimum Gasteiger partial charge on any atom is -0.287 e. The maximum Gasteiger partial charge on any atom is 0.631 e. The topological polar surface area (TPSA) is 110 Å². The van der Waals surface area contributed by atoms with Gasteiger partial charge in [-0.05, 0) is 27.7 Å². The lowest BCUT2D eigenvalue weighted by Gasteiger charge is -2.21. The van der Waals surface area contributed by atoms with E-state index in [1.165, 1.54) is 24.5 Å². The van der Waals surface area contributed by atoms with E-state index in [1.54, 1.807) is 33.8 Å². The molecule has 0 bridgehead atoms. The third kappa shape index (κ3) is 6.97. The number of phosphoric ester groups is 2. The van der Waals surface area contributed by atoms with Crippen LogP contribution in [0.3, 0.4) is 0 Å². The molecular formula is C13H25NO9P3+. The van der Waals surface area contributed by atoms with Crippen LogP contribution in [-0.4, -0.2) is 26.4 Å². The quantitative estimate of drug-likeness (QED) is 0.421. The summed E-state index contributed by atoms with van der Waals surface area (Å²) in [7, 11) is -13.1. The first-order valence-corrected chi connectivity index (χ1v) is 12.5. The lowest BCUT2D eigenvalue weighted by molar-refractivity contribution is -0.536. The number of pyridine rings is 1. The highest BCUT2D eigenvalue weighted by atomic mass is 31.3. The Kier molecular flexibility index (Phi) is 9.83. The third-order valence-electron chi connectivity index (χ3n) is 2.54. The SMILES string of the molecule is CCOP(=O)(OCC)OP(=O)(OP(=O)(OCC)OCC)[n+]1ccccc1. The lowest BCUT2D eigenvalue weighted by Crippen LogP contribution is -2.31. The Morgan fingerprint density at radius 2 is 1.00 bits per heavy atom. The fourth-order valence-electron chi connectivity index (χ4n) is 1.71. The van der Waals surface area contributed by atoms with Crippen LogP contribution in [0.2, 0.25) is 0 Å². The van der Waals surface area contributed by atoms with Crippen molar-refractivity contribution in [2.45, 2.75) is 27.7 Å². The number of aromatic nitrogens is 1. The van der Waals surface area contributed by atoms with E-state index in [0.29, 0.717) is 0 Å². The molecule has 0 amide bonds. The van der Waals surface area contributed by atoms with Crippen LogP contribution in [0.25, 0.3) is 0 Å². The molecule has 1 aromatic heterocycles. The van der Waals surface area contributed by atoms with Gasteiger partial charge in [0.05, 0.1) is 26.4 Å². The van der Waals surface area contributed by atoms with Crippen LogP contribution in [0, 0.1) is 0 Å². The summed E-state index contributed by atoms with van der Waals surface area (Å²) < 4.78 is 70.1. The number of nitrogens with zero attached hydrogens (tertiary/aromatic N) is 1. The Labute approximate surface area is 153 Å². The average Bonchev–Trinajstić information content (AvgIpc) is 2.56. The van der Waals surface area contributed by atoms with Crippen molar-refractivity contribution in [3.8, 4) is 0 Å². The van der Waals surface area contributed by atoms with Gasteiger partial charge >= 0.3 is 23.4 Å². The molecular weight excluding hydrogens is 407 g/mol. The van der Waals surface area contributed by atoms with Crippen molar-refractivity contribution in [2.24, 2.45) is 0 Å². The molecule has 0 saturated carbocycles. The molecule has 1 rings (SSSR count). The molecule has 10 nitrogen and oxygen atoms in total. The van der Waals surface area contributed by atoms with Gasteiger partial charge in [-0.3, -0.25) is 18.1 Å². The van der Waals surface area contributed by atoms with E-state index in [1.807, 2.05) is 0 Å². The van der Waals surface area contributed by atoms with E-state index in [-0.39, 0.29) is 26.4 Å². The van der Waals surface area contributed by atoms with Crippen LogP contribution in [0.4, 0.5) is 0 Å². The fraction of sp³-hybridized carbons (Fsp3) is 0.615. The van der Waals surface area contributed by atoms with Crippen LogP contribution in [0.1, 0.15) is 27.7 Å². The van der Waals surface area contributed by atoms with Gasteiger partial charge in [-0.15, -0.1) is 4.34 Å². The van der Waals surface area contributed by atoms with E-state index in [4.69, 9.17) is 26.7 Å². The molecule has 0 N–H and O–H groups in total. The van der Waals surface area contributed by atoms with Gasteiger partial charge in [0.15, 0.2) is 12.4 Å². The number of phosphoric acid groups is 2. The van der Waals surface area contributed by atoms with Crippen LogP contribution >= 0.6 is 23.4 Å². The molecule has 0 aliphatic rings. The molecule has 0 aliphatic carbocycles. The predicted octanol–water partition coefficient (Wildman–Crippen LogP) is 4.33.